The Morgan fingerprint density at radius 3 is 1.60 bits per heavy atom. The first-order valence-corrected chi connectivity index (χ1v) is 20.3. The fraction of sp³-hybridized carbons (Fsp3) is 0.0179. The van der Waals surface area contributed by atoms with Crippen molar-refractivity contribution in [2.24, 2.45) is 0 Å². The van der Waals surface area contributed by atoms with Crippen LogP contribution in [0.25, 0.3) is 78.2 Å². The van der Waals surface area contributed by atoms with Gasteiger partial charge in [0, 0.05) is 39.4 Å². The molecule has 0 amide bonds. The fourth-order valence-corrected chi connectivity index (χ4v) is 9.44. The minimum Gasteiger partial charge on any atom is -0.457 e. The van der Waals surface area contributed by atoms with E-state index >= 15 is 0 Å². The molecule has 4 heteroatoms. The summed E-state index contributed by atoms with van der Waals surface area (Å²) in [6, 6.07) is 73.0. The third kappa shape index (κ3) is 5.35. The molecule has 0 atom stereocenters. The van der Waals surface area contributed by atoms with E-state index in [-0.39, 0.29) is 0 Å². The van der Waals surface area contributed by atoms with E-state index in [1.165, 1.54) is 22.3 Å². The number of pyridine rings is 1. The molecule has 12 rings (SSSR count). The van der Waals surface area contributed by atoms with E-state index in [1.807, 2.05) is 36.5 Å². The van der Waals surface area contributed by atoms with Crippen LogP contribution in [-0.2, 0) is 5.41 Å². The molecule has 2 aromatic heterocycles. The number of rotatable bonds is 5. The Labute approximate surface area is 348 Å². The number of hydrogen-bond acceptors (Lipinski definition) is 4. The SMILES string of the molecule is c1ccc(-c2cccc(-c3cc(-c4ccc5c(c4)C4(c6cc(-c7ccc8cccnc8c7)ccc6O5)c5ccccc5-c5ccccc54)nc(-c4ccccc4)n3)c2)cc1. The molecule has 2 aliphatic rings. The van der Waals surface area contributed by atoms with Gasteiger partial charge in [-0.15, -0.1) is 0 Å². The van der Waals surface area contributed by atoms with Crippen molar-refractivity contribution in [3.05, 3.63) is 235 Å². The van der Waals surface area contributed by atoms with E-state index in [9.17, 15) is 0 Å². The maximum atomic E-state index is 6.94. The van der Waals surface area contributed by atoms with Crippen LogP contribution in [0.4, 0.5) is 0 Å². The molecule has 3 heterocycles. The molecule has 4 nitrogen and oxygen atoms in total. The zero-order chi connectivity index (χ0) is 39.6. The van der Waals surface area contributed by atoms with Crippen LogP contribution in [-0.4, -0.2) is 15.0 Å². The Kier molecular flexibility index (Phi) is 7.72. The summed E-state index contributed by atoms with van der Waals surface area (Å²) in [5.74, 6) is 2.35. The van der Waals surface area contributed by atoms with Crippen LogP contribution in [0.5, 0.6) is 11.5 Å². The number of benzene rings is 8. The fourth-order valence-electron chi connectivity index (χ4n) is 9.44. The van der Waals surface area contributed by atoms with E-state index in [0.29, 0.717) is 5.82 Å². The molecule has 0 unspecified atom stereocenters. The van der Waals surface area contributed by atoms with E-state index < -0.39 is 5.41 Å². The maximum Gasteiger partial charge on any atom is 0.160 e. The lowest BCUT2D eigenvalue weighted by Gasteiger charge is -2.40. The van der Waals surface area contributed by atoms with Crippen LogP contribution >= 0.6 is 0 Å². The molecule has 0 radical (unpaired) electrons. The molecule has 1 aliphatic carbocycles. The highest BCUT2D eigenvalue weighted by atomic mass is 16.5. The molecule has 0 N–H and O–H groups in total. The first-order valence-electron chi connectivity index (χ1n) is 20.3. The Hall–Kier alpha value is -7.95. The number of ether oxygens (including phenoxy) is 1. The minimum absolute atomic E-state index is 0.667. The number of aromatic nitrogens is 3. The average molecular weight is 766 g/mol. The Morgan fingerprint density at radius 2 is 0.883 bits per heavy atom. The van der Waals surface area contributed by atoms with Crippen molar-refractivity contribution in [3.8, 4) is 78.8 Å². The van der Waals surface area contributed by atoms with Gasteiger partial charge in [0.1, 0.15) is 11.5 Å². The van der Waals surface area contributed by atoms with Gasteiger partial charge in [0.15, 0.2) is 5.82 Å². The topological polar surface area (TPSA) is 47.9 Å². The van der Waals surface area contributed by atoms with Crippen molar-refractivity contribution in [1.82, 2.24) is 15.0 Å². The van der Waals surface area contributed by atoms with Gasteiger partial charge in [0.25, 0.3) is 0 Å². The zero-order valence-corrected chi connectivity index (χ0v) is 32.5. The van der Waals surface area contributed by atoms with Crippen molar-refractivity contribution in [3.63, 3.8) is 0 Å². The number of hydrogen-bond donors (Lipinski definition) is 0. The summed E-state index contributed by atoms with van der Waals surface area (Å²) in [6.07, 6.45) is 1.86. The summed E-state index contributed by atoms with van der Waals surface area (Å²) in [5.41, 5.74) is 16.6. The largest absolute Gasteiger partial charge is 0.457 e. The summed E-state index contributed by atoms with van der Waals surface area (Å²) in [4.78, 5) is 15.2. The molecule has 0 saturated carbocycles. The summed E-state index contributed by atoms with van der Waals surface area (Å²) in [6.45, 7) is 0. The second-order valence-corrected chi connectivity index (χ2v) is 15.6. The van der Waals surface area contributed by atoms with E-state index in [4.69, 9.17) is 14.7 Å². The average Bonchev–Trinajstić information content (AvgIpc) is 3.62. The monoisotopic (exact) mass is 765 g/mol. The van der Waals surface area contributed by atoms with Crippen LogP contribution < -0.4 is 4.74 Å². The van der Waals surface area contributed by atoms with E-state index in [2.05, 4.69) is 181 Å². The van der Waals surface area contributed by atoms with Crippen molar-refractivity contribution < 1.29 is 4.74 Å². The molecule has 10 aromatic rings. The number of fused-ring (bicyclic) bond motifs is 10. The van der Waals surface area contributed by atoms with Gasteiger partial charge in [-0.25, -0.2) is 9.97 Å². The molecule has 1 aliphatic heterocycles. The van der Waals surface area contributed by atoms with Crippen LogP contribution in [0.1, 0.15) is 22.3 Å². The molecular formula is C56H35N3O. The smallest absolute Gasteiger partial charge is 0.160 e. The molecule has 8 aromatic carbocycles. The molecule has 1 spiro atoms. The molecule has 0 fully saturated rings. The summed E-state index contributed by atoms with van der Waals surface area (Å²) in [7, 11) is 0. The first kappa shape index (κ1) is 34.1. The predicted molar refractivity (Wildman–Crippen MR) is 242 cm³/mol. The first-order chi connectivity index (χ1) is 29.7. The summed E-state index contributed by atoms with van der Waals surface area (Å²) < 4.78 is 6.94. The van der Waals surface area contributed by atoms with Gasteiger partial charge < -0.3 is 4.74 Å². The van der Waals surface area contributed by atoms with Crippen molar-refractivity contribution in [2.75, 3.05) is 0 Å². The standard InChI is InChI=1S/C56H35N3O/c1-3-13-36(14-4-1)39-17-11-18-42(31-39)51-35-52(59-55(58-51)38-15-5-2-6-16-38)43-27-29-54-49(33-43)56(46-22-9-7-20-44(46)45-21-8-10-23-47(45)56)48-32-40(26-28-53(48)60-54)41-25-24-37-19-12-30-57-50(37)34-41/h1-35H. The molecule has 280 valence electrons. The molecule has 0 saturated heterocycles. The van der Waals surface area contributed by atoms with Crippen molar-refractivity contribution >= 4 is 10.9 Å². The van der Waals surface area contributed by atoms with Crippen LogP contribution in [0.2, 0.25) is 0 Å². The Morgan fingerprint density at radius 1 is 0.350 bits per heavy atom. The second kappa shape index (κ2) is 13.6. The number of nitrogens with zero attached hydrogens (tertiary/aromatic N) is 3. The predicted octanol–water partition coefficient (Wildman–Crippen LogP) is 13.8. The third-order valence-corrected chi connectivity index (χ3v) is 12.2. The lowest BCUT2D eigenvalue weighted by atomic mass is 9.65. The maximum absolute atomic E-state index is 6.94. The van der Waals surface area contributed by atoms with E-state index in [1.54, 1.807) is 0 Å². The summed E-state index contributed by atoms with van der Waals surface area (Å²) in [5, 5.41) is 1.12. The zero-order valence-electron chi connectivity index (χ0n) is 32.5. The summed E-state index contributed by atoms with van der Waals surface area (Å²) >= 11 is 0. The van der Waals surface area contributed by atoms with Gasteiger partial charge in [-0.3, -0.25) is 4.98 Å². The van der Waals surface area contributed by atoms with Gasteiger partial charge in [-0.1, -0.05) is 152 Å². The quantitative estimate of drug-likeness (QED) is 0.175. The lowest BCUT2D eigenvalue weighted by Crippen LogP contribution is -2.32. The third-order valence-electron chi connectivity index (χ3n) is 12.2. The van der Waals surface area contributed by atoms with Crippen LogP contribution in [0, 0.1) is 0 Å². The van der Waals surface area contributed by atoms with E-state index in [0.717, 1.165) is 83.9 Å². The van der Waals surface area contributed by atoms with Crippen LogP contribution in [0.15, 0.2) is 212 Å². The highest BCUT2D eigenvalue weighted by Gasteiger charge is 2.51. The van der Waals surface area contributed by atoms with Gasteiger partial charge in [-0.2, -0.15) is 0 Å². The Balaban J connectivity index is 1.09. The minimum atomic E-state index is -0.667. The van der Waals surface area contributed by atoms with Gasteiger partial charge in [-0.05, 0) is 99.1 Å². The normalized spacial score (nSPS) is 12.9. The van der Waals surface area contributed by atoms with Crippen LogP contribution in [0.3, 0.4) is 0 Å². The molecule has 60 heavy (non-hydrogen) atoms. The lowest BCUT2D eigenvalue weighted by molar-refractivity contribution is 0.436. The Bertz CT molecular complexity index is 3260. The molecular weight excluding hydrogens is 731 g/mol. The highest BCUT2D eigenvalue weighted by Crippen LogP contribution is 2.62. The second-order valence-electron chi connectivity index (χ2n) is 15.6. The highest BCUT2D eigenvalue weighted by molar-refractivity contribution is 5.91. The van der Waals surface area contributed by atoms with Crippen molar-refractivity contribution in [1.29, 1.82) is 0 Å². The van der Waals surface area contributed by atoms with Gasteiger partial charge in [0.05, 0.1) is 22.3 Å². The van der Waals surface area contributed by atoms with Gasteiger partial charge in [0.2, 0.25) is 0 Å². The van der Waals surface area contributed by atoms with Gasteiger partial charge >= 0.3 is 0 Å². The van der Waals surface area contributed by atoms with Crippen molar-refractivity contribution in [2.45, 2.75) is 5.41 Å². The molecule has 0 bridgehead atoms.